The monoisotopic (exact) mass is 435 g/mol. The molecule has 1 N–H and O–H groups in total. The molecule has 4 rings (SSSR count). The lowest BCUT2D eigenvalue weighted by Gasteiger charge is -2.20. The fraction of sp³-hybridized carbons (Fsp3) is 0.208. The van der Waals surface area contributed by atoms with Gasteiger partial charge in [0.05, 0.1) is 6.04 Å². The first-order chi connectivity index (χ1) is 13.7. The first kappa shape index (κ1) is 18.8. The van der Waals surface area contributed by atoms with E-state index < -0.39 is 0 Å². The van der Waals surface area contributed by atoms with Gasteiger partial charge in [-0.25, -0.2) is 4.79 Å². The molecule has 0 heterocycles. The van der Waals surface area contributed by atoms with Crippen molar-refractivity contribution in [3.05, 3.63) is 106 Å². The number of halogens is 1. The molecule has 28 heavy (non-hydrogen) atoms. The summed E-state index contributed by atoms with van der Waals surface area (Å²) in [5, 5.41) is 3.11. The first-order valence-electron chi connectivity index (χ1n) is 9.49. The number of carbonyl (C=O) groups is 1. The second kappa shape index (κ2) is 8.61. The van der Waals surface area contributed by atoms with Crippen LogP contribution in [0.2, 0.25) is 0 Å². The smallest absolute Gasteiger partial charge is 0.407 e. The first-order valence-corrected chi connectivity index (χ1v) is 10.3. The molecule has 1 aliphatic carbocycles. The number of benzene rings is 3. The molecular weight excluding hydrogens is 414 g/mol. The average molecular weight is 436 g/mol. The minimum atomic E-state index is -0.379. The van der Waals surface area contributed by atoms with Gasteiger partial charge in [0.15, 0.2) is 0 Å². The van der Waals surface area contributed by atoms with Crippen molar-refractivity contribution in [3.8, 4) is 0 Å². The van der Waals surface area contributed by atoms with Crippen LogP contribution < -0.4 is 5.32 Å². The number of rotatable bonds is 6. The maximum absolute atomic E-state index is 12.5. The highest BCUT2D eigenvalue weighted by atomic mass is 79.9. The van der Waals surface area contributed by atoms with E-state index in [0.717, 1.165) is 22.0 Å². The van der Waals surface area contributed by atoms with E-state index in [4.69, 9.17) is 4.74 Å². The largest absolute Gasteiger partial charge is 0.445 e. The summed E-state index contributed by atoms with van der Waals surface area (Å²) in [7, 11) is 0. The number of hydrogen-bond acceptors (Lipinski definition) is 2. The second-order valence-electron chi connectivity index (χ2n) is 7.12. The molecule has 3 nitrogen and oxygen atoms in total. The van der Waals surface area contributed by atoms with E-state index in [1.54, 1.807) is 0 Å². The summed E-state index contributed by atoms with van der Waals surface area (Å²) in [6.45, 7) is 0.270. The summed E-state index contributed by atoms with van der Waals surface area (Å²) in [6.07, 6.45) is 0.664. The van der Waals surface area contributed by atoms with Gasteiger partial charge < -0.3 is 10.1 Å². The molecule has 0 saturated heterocycles. The Morgan fingerprint density at radius 2 is 1.61 bits per heavy atom. The fourth-order valence-corrected chi connectivity index (χ4v) is 4.28. The highest BCUT2D eigenvalue weighted by Crippen LogP contribution is 2.55. The van der Waals surface area contributed by atoms with Crippen LogP contribution in [0.1, 0.15) is 35.1 Å². The molecule has 0 aliphatic heterocycles. The van der Waals surface area contributed by atoms with Gasteiger partial charge in [-0.2, -0.15) is 0 Å². The van der Waals surface area contributed by atoms with E-state index >= 15 is 0 Å². The number of carbonyl (C=O) groups excluding carboxylic acids is 1. The highest BCUT2D eigenvalue weighted by Gasteiger charge is 2.45. The number of alkyl carbamates (subject to hydrolysis) is 1. The van der Waals surface area contributed by atoms with Gasteiger partial charge in [0.25, 0.3) is 0 Å². The van der Waals surface area contributed by atoms with Crippen molar-refractivity contribution in [2.75, 3.05) is 0 Å². The quantitative estimate of drug-likeness (QED) is 0.498. The Morgan fingerprint density at radius 1 is 0.964 bits per heavy atom. The average Bonchev–Trinajstić information content (AvgIpc) is 3.52. The number of hydrogen-bond donors (Lipinski definition) is 1. The standard InChI is InChI=1S/C24H22BrNO2/c25-22-14-8-7-13-19(22)20-15-21(20)23(18-11-5-2-6-12-18)26-24(27)28-16-17-9-3-1-4-10-17/h1-14,20-21,23H,15-16H2,(H,26,27). The van der Waals surface area contributed by atoms with Crippen molar-refractivity contribution in [3.63, 3.8) is 0 Å². The Hall–Kier alpha value is -2.59. The van der Waals surface area contributed by atoms with Gasteiger partial charge in [-0.3, -0.25) is 0 Å². The Kier molecular flexibility index (Phi) is 5.77. The van der Waals surface area contributed by atoms with Crippen LogP contribution in [0.5, 0.6) is 0 Å². The molecule has 3 aromatic carbocycles. The Bertz CT molecular complexity index is 930. The lowest BCUT2D eigenvalue weighted by Crippen LogP contribution is -2.30. The summed E-state index contributed by atoms with van der Waals surface area (Å²) in [5.74, 6) is 0.778. The van der Waals surface area contributed by atoms with Crippen molar-refractivity contribution >= 4 is 22.0 Å². The van der Waals surface area contributed by atoms with E-state index in [1.807, 2.05) is 54.6 Å². The summed E-state index contributed by atoms with van der Waals surface area (Å²) >= 11 is 3.66. The maximum atomic E-state index is 12.5. The molecule has 1 saturated carbocycles. The molecule has 0 aromatic heterocycles. The predicted molar refractivity (Wildman–Crippen MR) is 114 cm³/mol. The lowest BCUT2D eigenvalue weighted by atomic mass is 9.99. The van der Waals surface area contributed by atoms with Crippen LogP contribution in [-0.2, 0) is 11.3 Å². The van der Waals surface area contributed by atoms with E-state index in [2.05, 4.69) is 51.6 Å². The van der Waals surface area contributed by atoms with E-state index in [-0.39, 0.29) is 18.7 Å². The molecule has 3 unspecified atom stereocenters. The third kappa shape index (κ3) is 4.45. The third-order valence-electron chi connectivity index (χ3n) is 5.22. The Morgan fingerprint density at radius 3 is 2.32 bits per heavy atom. The normalized spacial score (nSPS) is 18.9. The van der Waals surface area contributed by atoms with Crippen LogP contribution in [0.25, 0.3) is 0 Å². The van der Waals surface area contributed by atoms with Crippen molar-refractivity contribution in [1.82, 2.24) is 5.32 Å². The number of amides is 1. The van der Waals surface area contributed by atoms with Gasteiger partial charge in [0, 0.05) is 4.47 Å². The van der Waals surface area contributed by atoms with Crippen LogP contribution in [0.15, 0.2) is 89.4 Å². The summed E-state index contributed by atoms with van der Waals surface area (Å²) in [6, 6.07) is 28.1. The Labute approximate surface area is 173 Å². The minimum absolute atomic E-state index is 0.0680. The Balaban J connectivity index is 1.46. The molecule has 1 fully saturated rings. The summed E-state index contributed by atoms with van der Waals surface area (Å²) < 4.78 is 6.59. The maximum Gasteiger partial charge on any atom is 0.407 e. The SMILES string of the molecule is O=C(NC(c1ccccc1)C1CC1c1ccccc1Br)OCc1ccccc1. The lowest BCUT2D eigenvalue weighted by molar-refractivity contribution is 0.134. The summed E-state index contributed by atoms with van der Waals surface area (Å²) in [5.41, 5.74) is 3.39. The molecule has 3 aromatic rings. The third-order valence-corrected chi connectivity index (χ3v) is 5.94. The van der Waals surface area contributed by atoms with Crippen molar-refractivity contribution in [2.45, 2.75) is 25.0 Å². The minimum Gasteiger partial charge on any atom is -0.445 e. The van der Waals surface area contributed by atoms with E-state index in [0.29, 0.717) is 11.8 Å². The van der Waals surface area contributed by atoms with Crippen LogP contribution in [-0.4, -0.2) is 6.09 Å². The molecule has 1 aliphatic rings. The number of ether oxygens (including phenoxy) is 1. The molecule has 0 bridgehead atoms. The summed E-state index contributed by atoms with van der Waals surface area (Å²) in [4.78, 5) is 12.5. The fourth-order valence-electron chi connectivity index (χ4n) is 3.71. The van der Waals surface area contributed by atoms with Crippen molar-refractivity contribution in [1.29, 1.82) is 0 Å². The van der Waals surface area contributed by atoms with Crippen LogP contribution >= 0.6 is 15.9 Å². The van der Waals surface area contributed by atoms with Gasteiger partial charge >= 0.3 is 6.09 Å². The van der Waals surface area contributed by atoms with Crippen LogP contribution in [0, 0.1) is 5.92 Å². The molecule has 1 amide bonds. The van der Waals surface area contributed by atoms with Gasteiger partial charge in [0.2, 0.25) is 0 Å². The molecule has 4 heteroatoms. The number of nitrogens with one attached hydrogen (secondary N) is 1. The molecule has 0 spiro atoms. The highest BCUT2D eigenvalue weighted by molar-refractivity contribution is 9.10. The van der Waals surface area contributed by atoms with Crippen LogP contribution in [0.4, 0.5) is 4.79 Å². The molecular formula is C24H22BrNO2. The topological polar surface area (TPSA) is 38.3 Å². The van der Waals surface area contributed by atoms with Gasteiger partial charge in [-0.1, -0.05) is 94.8 Å². The molecule has 0 radical (unpaired) electrons. The van der Waals surface area contributed by atoms with Crippen molar-refractivity contribution in [2.24, 2.45) is 5.92 Å². The zero-order valence-electron chi connectivity index (χ0n) is 15.4. The zero-order chi connectivity index (χ0) is 19.3. The van der Waals surface area contributed by atoms with Crippen LogP contribution in [0.3, 0.4) is 0 Å². The van der Waals surface area contributed by atoms with Gasteiger partial charge in [-0.15, -0.1) is 0 Å². The van der Waals surface area contributed by atoms with Gasteiger partial charge in [0.1, 0.15) is 6.61 Å². The van der Waals surface area contributed by atoms with Crippen molar-refractivity contribution < 1.29 is 9.53 Å². The van der Waals surface area contributed by atoms with E-state index in [1.165, 1.54) is 5.56 Å². The van der Waals surface area contributed by atoms with E-state index in [9.17, 15) is 4.79 Å². The second-order valence-corrected chi connectivity index (χ2v) is 7.98. The predicted octanol–water partition coefficient (Wildman–Crippen LogP) is 6.22. The molecule has 3 atom stereocenters. The zero-order valence-corrected chi connectivity index (χ0v) is 17.0. The van der Waals surface area contributed by atoms with Gasteiger partial charge in [-0.05, 0) is 41.0 Å². The molecule has 142 valence electrons.